The third-order valence-corrected chi connectivity index (χ3v) is 7.08. The molecule has 5 rings (SSSR count). The molecule has 1 aliphatic rings. The van der Waals surface area contributed by atoms with Crippen molar-refractivity contribution in [2.75, 3.05) is 31.2 Å². The van der Waals surface area contributed by atoms with E-state index in [1.165, 1.54) is 0 Å². The number of benzene rings is 3. The molecular formula is C26H23N3O3S. The first-order valence-corrected chi connectivity index (χ1v) is 12.4. The number of rotatable bonds is 4. The monoisotopic (exact) mass is 457 g/mol. The first kappa shape index (κ1) is 21.3. The molecule has 0 bridgehead atoms. The Kier molecular flexibility index (Phi) is 5.86. The lowest BCUT2D eigenvalue weighted by Crippen LogP contribution is -2.36. The zero-order valence-electron chi connectivity index (χ0n) is 18.0. The second-order valence-electron chi connectivity index (χ2n) is 7.85. The van der Waals surface area contributed by atoms with Crippen LogP contribution in [-0.2, 0) is 20.5 Å². The molecule has 0 unspecified atom stereocenters. The zero-order valence-corrected chi connectivity index (χ0v) is 18.8. The number of anilines is 1. The van der Waals surface area contributed by atoms with Crippen molar-refractivity contribution in [3.05, 3.63) is 95.7 Å². The van der Waals surface area contributed by atoms with Crippen molar-refractivity contribution in [2.45, 2.75) is 5.75 Å². The average molecular weight is 458 g/mol. The van der Waals surface area contributed by atoms with Crippen molar-refractivity contribution in [1.29, 1.82) is 0 Å². The number of aromatic nitrogens is 2. The second kappa shape index (κ2) is 9.10. The van der Waals surface area contributed by atoms with Crippen molar-refractivity contribution in [3.63, 3.8) is 0 Å². The zero-order chi connectivity index (χ0) is 22.7. The fourth-order valence-corrected chi connectivity index (χ4v) is 5.30. The second-order valence-corrected chi connectivity index (χ2v) is 9.65. The molecule has 0 saturated carbocycles. The predicted molar refractivity (Wildman–Crippen MR) is 130 cm³/mol. The van der Waals surface area contributed by atoms with Crippen LogP contribution in [0.15, 0.2) is 78.9 Å². The Balaban J connectivity index is 1.45. The fourth-order valence-electron chi connectivity index (χ4n) is 3.90. The van der Waals surface area contributed by atoms with Crippen molar-refractivity contribution >= 4 is 26.6 Å². The van der Waals surface area contributed by atoms with Gasteiger partial charge in [-0.1, -0.05) is 48.4 Å². The summed E-state index contributed by atoms with van der Waals surface area (Å²) in [6, 6.07) is 24.4. The van der Waals surface area contributed by atoms with Crippen LogP contribution in [-0.4, -0.2) is 43.9 Å². The highest BCUT2D eigenvalue weighted by atomic mass is 32.2. The largest absolute Gasteiger partial charge is 0.378 e. The van der Waals surface area contributed by atoms with Crippen LogP contribution in [0.3, 0.4) is 0 Å². The highest BCUT2D eigenvalue weighted by Gasteiger charge is 2.20. The number of hydrogen-bond donors (Lipinski definition) is 0. The van der Waals surface area contributed by atoms with Crippen LogP contribution in [0, 0.1) is 11.8 Å². The maximum Gasteiger partial charge on any atom is 0.258 e. The summed E-state index contributed by atoms with van der Waals surface area (Å²) in [6.45, 7) is 3.24. The third kappa shape index (κ3) is 4.63. The Hall–Kier alpha value is -3.60. The van der Waals surface area contributed by atoms with Gasteiger partial charge in [0, 0.05) is 29.7 Å². The van der Waals surface area contributed by atoms with Gasteiger partial charge in [-0.3, -0.25) is 0 Å². The molecule has 3 aromatic carbocycles. The minimum Gasteiger partial charge on any atom is -0.378 e. The molecule has 4 aromatic rings. The lowest BCUT2D eigenvalue weighted by Gasteiger charge is -2.28. The summed E-state index contributed by atoms with van der Waals surface area (Å²) in [5.74, 6) is 6.08. The summed E-state index contributed by atoms with van der Waals surface area (Å²) in [7, 11) is -3.70. The molecule has 1 aliphatic heterocycles. The molecule has 6 nitrogen and oxygen atoms in total. The maximum atomic E-state index is 13.1. The molecule has 2 heterocycles. The highest BCUT2D eigenvalue weighted by molar-refractivity contribution is 7.89. The number of para-hydroxylation sites is 1. The van der Waals surface area contributed by atoms with Gasteiger partial charge in [0.15, 0.2) is 0 Å². The van der Waals surface area contributed by atoms with E-state index in [-0.39, 0.29) is 5.75 Å². The number of ether oxygens (including phenoxy) is 1. The van der Waals surface area contributed by atoms with Gasteiger partial charge in [-0.15, -0.1) is 5.10 Å². The highest BCUT2D eigenvalue weighted by Crippen LogP contribution is 2.22. The number of morpholine rings is 1. The van der Waals surface area contributed by atoms with Crippen molar-refractivity contribution in [2.24, 2.45) is 0 Å². The van der Waals surface area contributed by atoms with E-state index in [1.54, 1.807) is 24.3 Å². The standard InChI is InChI=1S/C26H23N3O3S/c30-33(31,20-22-6-2-1-3-7-22)29-26-9-5-4-8-24(26)25(27-29)15-12-21-10-13-23(14-11-21)28-16-18-32-19-17-28/h1-11,13-14H,16-20H2. The van der Waals surface area contributed by atoms with Crippen LogP contribution in [0.1, 0.15) is 16.8 Å². The van der Waals surface area contributed by atoms with Crippen LogP contribution < -0.4 is 4.90 Å². The van der Waals surface area contributed by atoms with Crippen molar-refractivity contribution in [3.8, 4) is 11.8 Å². The van der Waals surface area contributed by atoms with Gasteiger partial charge in [0.05, 0.1) is 24.5 Å². The molecule has 0 atom stereocenters. The van der Waals surface area contributed by atoms with Crippen molar-refractivity contribution in [1.82, 2.24) is 9.19 Å². The number of fused-ring (bicyclic) bond motifs is 1. The van der Waals surface area contributed by atoms with Crippen LogP contribution in [0.5, 0.6) is 0 Å². The Labute approximate surface area is 193 Å². The molecule has 1 fully saturated rings. The van der Waals surface area contributed by atoms with Gasteiger partial charge in [-0.05, 0) is 47.9 Å². The molecule has 0 amide bonds. The molecule has 1 saturated heterocycles. The van der Waals surface area contributed by atoms with Crippen LogP contribution >= 0.6 is 0 Å². The van der Waals surface area contributed by atoms with E-state index in [2.05, 4.69) is 34.0 Å². The van der Waals surface area contributed by atoms with E-state index in [1.807, 2.05) is 42.5 Å². The first-order valence-electron chi connectivity index (χ1n) is 10.8. The molecule has 166 valence electrons. The van der Waals surface area contributed by atoms with Gasteiger partial charge < -0.3 is 9.64 Å². The van der Waals surface area contributed by atoms with E-state index < -0.39 is 10.0 Å². The van der Waals surface area contributed by atoms with Gasteiger partial charge in [-0.2, -0.15) is 4.09 Å². The summed E-state index contributed by atoms with van der Waals surface area (Å²) >= 11 is 0. The van der Waals surface area contributed by atoms with Crippen molar-refractivity contribution < 1.29 is 13.2 Å². The molecule has 1 aromatic heterocycles. The lowest BCUT2D eigenvalue weighted by molar-refractivity contribution is 0.122. The normalized spacial score (nSPS) is 14.1. The number of nitrogens with zero attached hydrogens (tertiary/aromatic N) is 3. The SMILES string of the molecule is O=S(=O)(Cc1ccccc1)n1nc(C#Cc2ccc(N3CCOCC3)cc2)c2ccccc21. The third-order valence-electron chi connectivity index (χ3n) is 5.58. The Morgan fingerprint density at radius 3 is 2.30 bits per heavy atom. The molecule has 0 aliphatic carbocycles. The van der Waals surface area contributed by atoms with Crippen LogP contribution in [0.4, 0.5) is 5.69 Å². The summed E-state index contributed by atoms with van der Waals surface area (Å²) < 4.78 is 32.8. The summed E-state index contributed by atoms with van der Waals surface area (Å²) in [4.78, 5) is 2.29. The molecule has 0 N–H and O–H groups in total. The van der Waals surface area contributed by atoms with E-state index >= 15 is 0 Å². The van der Waals surface area contributed by atoms with E-state index in [0.717, 1.165) is 41.6 Å². The van der Waals surface area contributed by atoms with E-state index in [9.17, 15) is 8.42 Å². The van der Waals surface area contributed by atoms with Gasteiger partial charge in [-0.25, -0.2) is 8.42 Å². The van der Waals surface area contributed by atoms with Crippen LogP contribution in [0.2, 0.25) is 0 Å². The molecular weight excluding hydrogens is 434 g/mol. The average Bonchev–Trinajstić information content (AvgIpc) is 3.24. The van der Waals surface area contributed by atoms with E-state index in [4.69, 9.17) is 4.74 Å². The maximum absolute atomic E-state index is 13.1. The number of hydrogen-bond acceptors (Lipinski definition) is 5. The Bertz CT molecular complexity index is 1430. The lowest BCUT2D eigenvalue weighted by atomic mass is 10.1. The van der Waals surface area contributed by atoms with Gasteiger partial charge >= 0.3 is 0 Å². The summed E-state index contributed by atoms with van der Waals surface area (Å²) in [6.07, 6.45) is 0. The van der Waals surface area contributed by atoms with Gasteiger partial charge in [0.1, 0.15) is 5.69 Å². The Morgan fingerprint density at radius 2 is 1.55 bits per heavy atom. The minimum atomic E-state index is -3.70. The fraction of sp³-hybridized carbons (Fsp3) is 0.192. The molecule has 33 heavy (non-hydrogen) atoms. The molecule has 0 spiro atoms. The summed E-state index contributed by atoms with van der Waals surface area (Å²) in [5, 5.41) is 5.11. The van der Waals surface area contributed by atoms with Crippen LogP contribution in [0.25, 0.3) is 10.9 Å². The first-order chi connectivity index (χ1) is 16.1. The quantitative estimate of drug-likeness (QED) is 0.438. The van der Waals surface area contributed by atoms with Gasteiger partial charge in [0.2, 0.25) is 0 Å². The molecule has 7 heteroatoms. The molecule has 0 radical (unpaired) electrons. The minimum absolute atomic E-state index is 0.130. The topological polar surface area (TPSA) is 64.4 Å². The summed E-state index contributed by atoms with van der Waals surface area (Å²) in [5.41, 5.74) is 3.67. The van der Waals surface area contributed by atoms with E-state index in [0.29, 0.717) is 22.2 Å². The predicted octanol–water partition coefficient (Wildman–Crippen LogP) is 3.65. The Morgan fingerprint density at radius 1 is 0.848 bits per heavy atom. The smallest absolute Gasteiger partial charge is 0.258 e. The van der Waals surface area contributed by atoms with Gasteiger partial charge in [0.25, 0.3) is 10.0 Å².